The van der Waals surface area contributed by atoms with Crippen LogP contribution >= 0.6 is 27.3 Å². The highest BCUT2D eigenvalue weighted by Gasteiger charge is 2.13. The zero-order valence-corrected chi connectivity index (χ0v) is 12.3. The highest BCUT2D eigenvalue weighted by atomic mass is 79.9. The monoisotopic (exact) mass is 289 g/mol. The Morgan fingerprint density at radius 2 is 2.07 bits per heavy atom. The van der Waals surface area contributed by atoms with Crippen molar-refractivity contribution in [3.8, 4) is 0 Å². The summed E-state index contributed by atoms with van der Waals surface area (Å²) in [6, 6.07) is 2.80. The van der Waals surface area contributed by atoms with E-state index < -0.39 is 0 Å². The quantitative estimate of drug-likeness (QED) is 0.841. The molecule has 1 atom stereocenters. The lowest BCUT2D eigenvalue weighted by atomic mass is 10.0. The van der Waals surface area contributed by atoms with Gasteiger partial charge in [-0.05, 0) is 60.3 Å². The minimum atomic E-state index is 0.516. The van der Waals surface area contributed by atoms with Crippen LogP contribution in [0.25, 0.3) is 0 Å². The zero-order chi connectivity index (χ0) is 11.4. The van der Waals surface area contributed by atoms with E-state index in [1.54, 1.807) is 0 Å². The number of halogens is 1. The fraction of sp³-hybridized carbons (Fsp3) is 0.667. The second-order valence-corrected chi connectivity index (χ2v) is 6.82. The van der Waals surface area contributed by atoms with Gasteiger partial charge in [0.05, 0.1) is 3.79 Å². The Morgan fingerprint density at radius 1 is 1.40 bits per heavy atom. The van der Waals surface area contributed by atoms with Crippen LogP contribution in [0.3, 0.4) is 0 Å². The van der Waals surface area contributed by atoms with Gasteiger partial charge in [0.25, 0.3) is 0 Å². The van der Waals surface area contributed by atoms with Gasteiger partial charge in [-0.15, -0.1) is 11.3 Å². The van der Waals surface area contributed by atoms with Gasteiger partial charge in [-0.3, -0.25) is 0 Å². The molecule has 15 heavy (non-hydrogen) atoms. The van der Waals surface area contributed by atoms with Crippen LogP contribution in [0.5, 0.6) is 0 Å². The van der Waals surface area contributed by atoms with E-state index in [-0.39, 0.29) is 0 Å². The summed E-state index contributed by atoms with van der Waals surface area (Å²) in [5.74, 6) is 0.783. The fourth-order valence-corrected chi connectivity index (χ4v) is 3.30. The van der Waals surface area contributed by atoms with E-state index in [1.807, 2.05) is 18.4 Å². The first kappa shape index (κ1) is 13.2. The third-order valence-corrected chi connectivity index (χ3v) is 4.85. The number of rotatable bonds is 5. The Morgan fingerprint density at radius 3 is 2.47 bits per heavy atom. The van der Waals surface area contributed by atoms with E-state index in [0.717, 1.165) is 5.92 Å². The Labute approximate surface area is 105 Å². The predicted octanol–water partition coefficient (Wildman–Crippen LogP) is 4.52. The topological polar surface area (TPSA) is 12.0 Å². The van der Waals surface area contributed by atoms with Crippen molar-refractivity contribution in [3.05, 3.63) is 20.3 Å². The lowest BCUT2D eigenvalue weighted by molar-refractivity contribution is 0.469. The third kappa shape index (κ3) is 3.89. The van der Waals surface area contributed by atoms with E-state index in [9.17, 15) is 0 Å². The molecule has 0 aliphatic heterocycles. The molecule has 1 nitrogen and oxygen atoms in total. The highest BCUT2D eigenvalue weighted by Crippen LogP contribution is 2.33. The van der Waals surface area contributed by atoms with Crippen LogP contribution in [0, 0.1) is 12.8 Å². The molecule has 0 saturated heterocycles. The van der Waals surface area contributed by atoms with E-state index in [2.05, 4.69) is 48.1 Å². The average Bonchev–Trinajstić information content (AvgIpc) is 2.47. The van der Waals surface area contributed by atoms with Crippen molar-refractivity contribution in [1.82, 2.24) is 5.32 Å². The fourth-order valence-electron chi connectivity index (χ4n) is 1.58. The Balaban J connectivity index is 2.65. The first-order valence-electron chi connectivity index (χ1n) is 5.47. The second-order valence-electron chi connectivity index (χ2n) is 4.42. The predicted molar refractivity (Wildman–Crippen MR) is 72.6 cm³/mol. The molecule has 86 valence electrons. The summed E-state index contributed by atoms with van der Waals surface area (Å²) in [6.07, 6.45) is 2.50. The van der Waals surface area contributed by atoms with Crippen molar-refractivity contribution < 1.29 is 0 Å². The van der Waals surface area contributed by atoms with E-state index >= 15 is 0 Å². The number of hydrogen-bond acceptors (Lipinski definition) is 2. The highest BCUT2D eigenvalue weighted by molar-refractivity contribution is 9.11. The molecule has 1 aromatic heterocycles. The summed E-state index contributed by atoms with van der Waals surface area (Å²) in [6.45, 7) is 6.71. The van der Waals surface area contributed by atoms with Gasteiger partial charge >= 0.3 is 0 Å². The maximum Gasteiger partial charge on any atom is 0.0731 e. The lowest BCUT2D eigenvalue weighted by Gasteiger charge is -2.15. The first-order chi connectivity index (χ1) is 7.04. The zero-order valence-electron chi connectivity index (χ0n) is 9.93. The molecule has 0 amide bonds. The van der Waals surface area contributed by atoms with E-state index in [1.165, 1.54) is 27.1 Å². The van der Waals surface area contributed by atoms with Crippen molar-refractivity contribution in [2.75, 3.05) is 7.05 Å². The molecule has 0 spiro atoms. The minimum absolute atomic E-state index is 0.516. The average molecular weight is 290 g/mol. The van der Waals surface area contributed by atoms with Gasteiger partial charge in [0.1, 0.15) is 0 Å². The largest absolute Gasteiger partial charge is 0.312 e. The number of nitrogens with one attached hydrogen (secondary N) is 1. The van der Waals surface area contributed by atoms with Gasteiger partial charge in [-0.2, -0.15) is 0 Å². The number of thiophene rings is 1. The molecule has 1 rings (SSSR count). The Bertz CT molecular complexity index is 287. The van der Waals surface area contributed by atoms with Crippen LogP contribution < -0.4 is 5.32 Å². The molecule has 1 aromatic rings. The molecular weight excluding hydrogens is 270 g/mol. The molecule has 0 aromatic carbocycles. The lowest BCUT2D eigenvalue weighted by Crippen LogP contribution is -2.15. The summed E-state index contributed by atoms with van der Waals surface area (Å²) in [5, 5.41) is 3.40. The SMILES string of the molecule is CNC(CCC(C)C)c1cc(C)c(Br)s1. The van der Waals surface area contributed by atoms with Gasteiger partial charge in [-0.1, -0.05) is 13.8 Å². The molecule has 0 aliphatic rings. The smallest absolute Gasteiger partial charge is 0.0731 e. The minimum Gasteiger partial charge on any atom is -0.312 e. The summed E-state index contributed by atoms with van der Waals surface area (Å²) in [7, 11) is 2.05. The molecule has 0 fully saturated rings. The Kier molecular flexibility index (Phi) is 5.30. The van der Waals surface area contributed by atoms with Gasteiger partial charge in [0, 0.05) is 10.9 Å². The maximum absolute atomic E-state index is 3.58. The second kappa shape index (κ2) is 6.02. The van der Waals surface area contributed by atoms with Crippen molar-refractivity contribution in [2.24, 2.45) is 5.92 Å². The van der Waals surface area contributed by atoms with Crippen molar-refractivity contribution in [3.63, 3.8) is 0 Å². The van der Waals surface area contributed by atoms with Crippen molar-refractivity contribution >= 4 is 27.3 Å². The van der Waals surface area contributed by atoms with Gasteiger partial charge < -0.3 is 5.32 Å². The van der Waals surface area contributed by atoms with E-state index in [4.69, 9.17) is 0 Å². The molecule has 1 N–H and O–H groups in total. The van der Waals surface area contributed by atoms with Crippen LogP contribution in [-0.2, 0) is 0 Å². The van der Waals surface area contributed by atoms with Crippen LogP contribution in [0.15, 0.2) is 9.85 Å². The number of aryl methyl sites for hydroxylation is 1. The molecule has 0 aliphatic carbocycles. The molecule has 1 unspecified atom stereocenters. The van der Waals surface area contributed by atoms with Gasteiger partial charge in [-0.25, -0.2) is 0 Å². The van der Waals surface area contributed by atoms with Crippen LogP contribution in [0.2, 0.25) is 0 Å². The molecule has 0 bridgehead atoms. The molecular formula is C12H20BrNS. The molecule has 1 heterocycles. The van der Waals surface area contributed by atoms with Gasteiger partial charge in [0.2, 0.25) is 0 Å². The first-order valence-corrected chi connectivity index (χ1v) is 7.08. The third-order valence-electron chi connectivity index (χ3n) is 2.60. The van der Waals surface area contributed by atoms with Crippen molar-refractivity contribution in [1.29, 1.82) is 0 Å². The van der Waals surface area contributed by atoms with Crippen molar-refractivity contribution in [2.45, 2.75) is 39.7 Å². The maximum atomic E-state index is 3.58. The molecule has 3 heteroatoms. The van der Waals surface area contributed by atoms with E-state index in [0.29, 0.717) is 6.04 Å². The van der Waals surface area contributed by atoms with Crippen LogP contribution in [0.4, 0.5) is 0 Å². The summed E-state index contributed by atoms with van der Waals surface area (Å²) in [5.41, 5.74) is 1.35. The summed E-state index contributed by atoms with van der Waals surface area (Å²) in [4.78, 5) is 1.45. The Hall–Kier alpha value is 0.140. The molecule has 0 radical (unpaired) electrons. The normalized spacial score (nSPS) is 13.5. The van der Waals surface area contributed by atoms with Gasteiger partial charge in [0.15, 0.2) is 0 Å². The van der Waals surface area contributed by atoms with Crippen LogP contribution in [0.1, 0.15) is 43.2 Å². The van der Waals surface area contributed by atoms with Crippen LogP contribution in [-0.4, -0.2) is 7.05 Å². The summed E-state index contributed by atoms with van der Waals surface area (Å²) >= 11 is 5.44. The standard InChI is InChI=1S/C12H20BrNS/c1-8(2)5-6-10(14-4)11-7-9(3)12(13)15-11/h7-8,10,14H,5-6H2,1-4H3. The number of hydrogen-bond donors (Lipinski definition) is 1. The summed E-state index contributed by atoms with van der Waals surface area (Å²) < 4.78 is 1.27. The molecule has 0 saturated carbocycles.